The molecule has 2 rings (SSSR count). The lowest BCUT2D eigenvalue weighted by Crippen LogP contribution is -2.05. The molecule has 0 saturated heterocycles. The normalized spacial score (nSPS) is 10.3. The molecule has 0 bridgehead atoms. The Morgan fingerprint density at radius 2 is 1.75 bits per heavy atom. The van der Waals surface area contributed by atoms with Gasteiger partial charge in [-0.2, -0.15) is 0 Å². The van der Waals surface area contributed by atoms with Crippen LogP contribution in [0.2, 0.25) is 0 Å². The Labute approximate surface area is 114 Å². The molecule has 0 radical (unpaired) electrons. The molecule has 0 atom stereocenters. The molecule has 4 nitrogen and oxygen atoms in total. The van der Waals surface area contributed by atoms with Crippen molar-refractivity contribution in [2.24, 2.45) is 0 Å². The van der Waals surface area contributed by atoms with E-state index in [0.717, 1.165) is 11.6 Å². The van der Waals surface area contributed by atoms with Crippen molar-refractivity contribution in [3.63, 3.8) is 0 Å². The highest BCUT2D eigenvalue weighted by Crippen LogP contribution is 2.20. The number of hydrogen-bond donors (Lipinski definition) is 1. The van der Waals surface area contributed by atoms with Gasteiger partial charge >= 0.3 is 0 Å². The van der Waals surface area contributed by atoms with Gasteiger partial charge in [0.1, 0.15) is 11.6 Å². The average Bonchev–Trinajstić information content (AvgIpc) is 2.40. The van der Waals surface area contributed by atoms with Gasteiger partial charge in [0.25, 0.3) is 5.69 Å². The fourth-order valence-corrected chi connectivity index (χ4v) is 1.78. The monoisotopic (exact) mass is 278 g/mol. The maximum Gasteiger partial charge on any atom is 0.274 e. The predicted octanol–water partition coefficient (Wildman–Crippen LogP) is 3.53. The molecule has 0 spiro atoms. The third-order valence-corrected chi connectivity index (χ3v) is 2.75. The molecular formula is C14H12F2N2O2. The molecule has 6 heteroatoms. The van der Waals surface area contributed by atoms with Gasteiger partial charge in [-0.3, -0.25) is 10.1 Å². The fraction of sp³-hybridized carbons (Fsp3) is 0.143. The van der Waals surface area contributed by atoms with Crippen LogP contribution in [0.3, 0.4) is 0 Å². The summed E-state index contributed by atoms with van der Waals surface area (Å²) in [5.74, 6) is -0.967. The van der Waals surface area contributed by atoms with Gasteiger partial charge < -0.3 is 5.32 Å². The van der Waals surface area contributed by atoms with Gasteiger partial charge in [-0.05, 0) is 30.2 Å². The first-order valence-corrected chi connectivity index (χ1v) is 5.98. The summed E-state index contributed by atoms with van der Waals surface area (Å²) < 4.78 is 25.9. The van der Waals surface area contributed by atoms with Gasteiger partial charge in [0, 0.05) is 18.3 Å². The molecule has 0 fully saturated rings. The molecule has 0 amide bonds. The first-order valence-electron chi connectivity index (χ1n) is 5.98. The van der Waals surface area contributed by atoms with Gasteiger partial charge in [-0.15, -0.1) is 0 Å². The van der Waals surface area contributed by atoms with Gasteiger partial charge in [0.2, 0.25) is 0 Å². The molecule has 20 heavy (non-hydrogen) atoms. The maximum atomic E-state index is 13.2. The summed E-state index contributed by atoms with van der Waals surface area (Å²) in [5, 5.41) is 13.5. The summed E-state index contributed by atoms with van der Waals surface area (Å²) >= 11 is 0. The van der Waals surface area contributed by atoms with Gasteiger partial charge in [0.05, 0.1) is 11.0 Å². The van der Waals surface area contributed by atoms with E-state index in [1.54, 1.807) is 12.1 Å². The van der Waals surface area contributed by atoms with Crippen LogP contribution < -0.4 is 5.32 Å². The number of non-ortho nitro benzene ring substituents is 1. The smallest absolute Gasteiger partial charge is 0.274 e. The van der Waals surface area contributed by atoms with Crippen molar-refractivity contribution in [1.82, 2.24) is 0 Å². The first-order chi connectivity index (χ1) is 9.54. The molecule has 1 N–H and O–H groups in total. The lowest BCUT2D eigenvalue weighted by molar-refractivity contribution is -0.385. The topological polar surface area (TPSA) is 55.2 Å². The van der Waals surface area contributed by atoms with E-state index in [9.17, 15) is 18.9 Å². The summed E-state index contributed by atoms with van der Waals surface area (Å²) in [6.07, 6.45) is 0.602. The lowest BCUT2D eigenvalue weighted by atomic mass is 10.1. The van der Waals surface area contributed by atoms with Crippen molar-refractivity contribution in [1.29, 1.82) is 0 Å². The predicted molar refractivity (Wildman–Crippen MR) is 71.6 cm³/mol. The summed E-state index contributed by atoms with van der Waals surface area (Å²) in [5.41, 5.74) is 0.970. The second-order valence-electron chi connectivity index (χ2n) is 4.26. The maximum absolute atomic E-state index is 13.2. The molecule has 2 aromatic rings. The van der Waals surface area contributed by atoms with E-state index in [1.807, 2.05) is 0 Å². The van der Waals surface area contributed by atoms with Crippen LogP contribution in [0.1, 0.15) is 5.56 Å². The summed E-state index contributed by atoms with van der Waals surface area (Å²) in [6, 6.07) is 9.37. The zero-order chi connectivity index (χ0) is 14.5. The number of nitrogens with one attached hydrogen (secondary N) is 1. The van der Waals surface area contributed by atoms with E-state index >= 15 is 0 Å². The molecule has 0 aliphatic carbocycles. The van der Waals surface area contributed by atoms with E-state index in [2.05, 4.69) is 5.32 Å². The van der Waals surface area contributed by atoms with Gasteiger partial charge in [-0.25, -0.2) is 8.78 Å². The van der Waals surface area contributed by atoms with E-state index in [1.165, 1.54) is 24.3 Å². The Kier molecular flexibility index (Phi) is 4.24. The van der Waals surface area contributed by atoms with Gasteiger partial charge in [-0.1, -0.05) is 12.1 Å². The summed E-state index contributed by atoms with van der Waals surface area (Å²) in [6.45, 7) is 0.465. The minimum atomic E-state index is -0.663. The van der Waals surface area contributed by atoms with Crippen molar-refractivity contribution >= 4 is 11.4 Å². The quantitative estimate of drug-likeness (QED) is 0.672. The summed E-state index contributed by atoms with van der Waals surface area (Å²) in [4.78, 5) is 9.96. The molecular weight excluding hydrogens is 266 g/mol. The molecule has 2 aromatic carbocycles. The zero-order valence-electron chi connectivity index (χ0n) is 10.5. The van der Waals surface area contributed by atoms with Crippen molar-refractivity contribution < 1.29 is 13.7 Å². The first kappa shape index (κ1) is 13.9. The van der Waals surface area contributed by atoms with Crippen LogP contribution >= 0.6 is 0 Å². The number of nitro groups is 1. The van der Waals surface area contributed by atoms with E-state index in [4.69, 9.17) is 0 Å². The minimum absolute atomic E-state index is 0.297. The molecule has 0 aliphatic heterocycles. The van der Waals surface area contributed by atoms with Crippen LogP contribution in [0.5, 0.6) is 0 Å². The van der Waals surface area contributed by atoms with E-state index in [0.29, 0.717) is 18.7 Å². The number of anilines is 1. The number of nitrogens with zero attached hydrogens (tertiary/aromatic N) is 1. The Balaban J connectivity index is 1.97. The van der Waals surface area contributed by atoms with Crippen molar-refractivity contribution in [3.8, 4) is 0 Å². The van der Waals surface area contributed by atoms with E-state index in [-0.39, 0.29) is 11.5 Å². The fourth-order valence-electron chi connectivity index (χ4n) is 1.78. The number of nitro benzene ring substituents is 1. The second-order valence-corrected chi connectivity index (χ2v) is 4.26. The highest BCUT2D eigenvalue weighted by Gasteiger charge is 2.09. The molecule has 0 aromatic heterocycles. The van der Waals surface area contributed by atoms with Crippen molar-refractivity contribution in [3.05, 3.63) is 69.8 Å². The summed E-state index contributed by atoms with van der Waals surface area (Å²) in [7, 11) is 0. The molecule has 0 heterocycles. The SMILES string of the molecule is O=[N+]([O-])c1cc(F)cc(NCCc2ccc(F)cc2)c1. The third-order valence-electron chi connectivity index (χ3n) is 2.75. The number of rotatable bonds is 5. The number of halogens is 2. The molecule has 0 unspecified atom stereocenters. The van der Waals surface area contributed by atoms with Crippen LogP contribution in [0.25, 0.3) is 0 Å². The highest BCUT2D eigenvalue weighted by atomic mass is 19.1. The van der Waals surface area contributed by atoms with Gasteiger partial charge in [0.15, 0.2) is 0 Å². The molecule has 0 saturated carbocycles. The standard InChI is InChI=1S/C14H12F2N2O2/c15-11-3-1-10(2-4-11)5-6-17-13-7-12(16)8-14(9-13)18(19)20/h1-4,7-9,17H,5-6H2. The van der Waals surface area contributed by atoms with Crippen LogP contribution in [0, 0.1) is 21.7 Å². The minimum Gasteiger partial charge on any atom is -0.384 e. The largest absolute Gasteiger partial charge is 0.384 e. The van der Waals surface area contributed by atoms with Crippen molar-refractivity contribution in [2.45, 2.75) is 6.42 Å². The van der Waals surface area contributed by atoms with Crippen LogP contribution in [-0.4, -0.2) is 11.5 Å². The Hall–Kier alpha value is -2.50. The second kappa shape index (κ2) is 6.10. The van der Waals surface area contributed by atoms with Crippen LogP contribution in [0.4, 0.5) is 20.2 Å². The van der Waals surface area contributed by atoms with Crippen molar-refractivity contribution in [2.75, 3.05) is 11.9 Å². The Morgan fingerprint density at radius 1 is 1.05 bits per heavy atom. The Bertz CT molecular complexity index is 615. The van der Waals surface area contributed by atoms with Crippen LogP contribution in [0.15, 0.2) is 42.5 Å². The number of benzene rings is 2. The molecule has 0 aliphatic rings. The number of hydrogen-bond acceptors (Lipinski definition) is 3. The lowest BCUT2D eigenvalue weighted by Gasteiger charge is -2.06. The van der Waals surface area contributed by atoms with Crippen LogP contribution in [-0.2, 0) is 6.42 Å². The van der Waals surface area contributed by atoms with E-state index < -0.39 is 10.7 Å². The Morgan fingerprint density at radius 3 is 2.40 bits per heavy atom. The molecule has 104 valence electrons. The average molecular weight is 278 g/mol. The zero-order valence-corrected chi connectivity index (χ0v) is 10.5. The highest BCUT2D eigenvalue weighted by molar-refractivity contribution is 5.51. The third kappa shape index (κ3) is 3.74.